The smallest absolute Gasteiger partial charge is 0.406 e. The molecule has 0 amide bonds. The zero-order valence-corrected chi connectivity index (χ0v) is 18.3. The summed E-state index contributed by atoms with van der Waals surface area (Å²) in [5.74, 6) is 3.48. The second kappa shape index (κ2) is 11.2. The number of halogens is 3. The van der Waals surface area contributed by atoms with Gasteiger partial charge in [0.15, 0.2) is 0 Å². The molecule has 0 unspecified atom stereocenters. The molecule has 1 nitrogen and oxygen atoms in total. The van der Waals surface area contributed by atoms with Crippen LogP contribution in [0, 0.1) is 23.7 Å². The Kier molecular flexibility index (Phi) is 8.71. The SMILES string of the molecule is CCCC1CCC(C2CCC(/C=C/CCc3ccc(OC(F)(F)F)cc3)CC2)CC1. The summed E-state index contributed by atoms with van der Waals surface area (Å²) in [6.45, 7) is 2.31. The van der Waals surface area contributed by atoms with E-state index in [1.54, 1.807) is 12.1 Å². The lowest BCUT2D eigenvalue weighted by molar-refractivity contribution is -0.274. The van der Waals surface area contributed by atoms with Crippen LogP contribution < -0.4 is 4.74 Å². The molecule has 1 aromatic rings. The number of allylic oxidation sites excluding steroid dienone is 2. The topological polar surface area (TPSA) is 9.23 Å². The first kappa shape index (κ1) is 23.2. The van der Waals surface area contributed by atoms with Crippen LogP contribution in [0.5, 0.6) is 5.75 Å². The van der Waals surface area contributed by atoms with Crippen molar-refractivity contribution in [3.63, 3.8) is 0 Å². The van der Waals surface area contributed by atoms with Crippen LogP contribution in [-0.4, -0.2) is 6.36 Å². The van der Waals surface area contributed by atoms with Gasteiger partial charge in [0, 0.05) is 0 Å². The van der Waals surface area contributed by atoms with Gasteiger partial charge >= 0.3 is 6.36 Å². The van der Waals surface area contributed by atoms with Crippen LogP contribution in [0.3, 0.4) is 0 Å². The Balaban J connectivity index is 1.32. The highest BCUT2D eigenvalue weighted by molar-refractivity contribution is 5.27. The van der Waals surface area contributed by atoms with Crippen molar-refractivity contribution in [2.75, 3.05) is 0 Å². The van der Waals surface area contributed by atoms with Crippen molar-refractivity contribution in [2.24, 2.45) is 23.7 Å². The highest BCUT2D eigenvalue weighted by Gasteiger charge is 2.31. The summed E-state index contributed by atoms with van der Waals surface area (Å²) >= 11 is 0. The average molecular weight is 423 g/mol. The van der Waals surface area contributed by atoms with Crippen LogP contribution in [0.1, 0.15) is 83.1 Å². The van der Waals surface area contributed by atoms with Gasteiger partial charge in [-0.1, -0.05) is 56.9 Å². The Morgan fingerprint density at radius 3 is 2.07 bits per heavy atom. The lowest BCUT2D eigenvalue weighted by Gasteiger charge is -2.37. The summed E-state index contributed by atoms with van der Waals surface area (Å²) in [6.07, 6.45) is 15.8. The maximum absolute atomic E-state index is 12.2. The minimum Gasteiger partial charge on any atom is -0.406 e. The monoisotopic (exact) mass is 422 g/mol. The number of ether oxygens (including phenoxy) is 1. The fourth-order valence-electron chi connectivity index (χ4n) is 5.56. The molecule has 2 aliphatic rings. The minimum atomic E-state index is -4.63. The first-order valence-electron chi connectivity index (χ1n) is 11.9. The Morgan fingerprint density at radius 2 is 1.50 bits per heavy atom. The molecule has 0 heterocycles. The quantitative estimate of drug-likeness (QED) is 0.382. The molecular weight excluding hydrogens is 385 g/mol. The molecule has 30 heavy (non-hydrogen) atoms. The molecule has 3 rings (SSSR count). The molecule has 2 aliphatic carbocycles. The van der Waals surface area contributed by atoms with E-state index in [4.69, 9.17) is 0 Å². The molecule has 2 saturated carbocycles. The van der Waals surface area contributed by atoms with Gasteiger partial charge in [0.2, 0.25) is 0 Å². The van der Waals surface area contributed by atoms with Gasteiger partial charge in [-0.15, -0.1) is 13.2 Å². The molecule has 2 fully saturated rings. The van der Waals surface area contributed by atoms with E-state index >= 15 is 0 Å². The van der Waals surface area contributed by atoms with E-state index in [1.165, 1.54) is 76.3 Å². The Bertz CT molecular complexity index is 633. The van der Waals surface area contributed by atoms with Gasteiger partial charge in [-0.3, -0.25) is 0 Å². The van der Waals surface area contributed by atoms with Crippen LogP contribution in [0.2, 0.25) is 0 Å². The first-order chi connectivity index (χ1) is 14.4. The maximum atomic E-state index is 12.2. The Hall–Kier alpha value is -1.45. The van der Waals surface area contributed by atoms with E-state index in [-0.39, 0.29) is 5.75 Å². The molecule has 0 radical (unpaired) electrons. The molecule has 0 spiro atoms. The summed E-state index contributed by atoms with van der Waals surface area (Å²) in [5.41, 5.74) is 1.04. The summed E-state index contributed by atoms with van der Waals surface area (Å²) in [4.78, 5) is 0. The summed E-state index contributed by atoms with van der Waals surface area (Å²) in [7, 11) is 0. The predicted molar refractivity (Wildman–Crippen MR) is 116 cm³/mol. The molecule has 1 aromatic carbocycles. The third-order valence-electron chi connectivity index (χ3n) is 7.24. The molecular formula is C26H37F3O. The van der Waals surface area contributed by atoms with Crippen molar-refractivity contribution in [1.82, 2.24) is 0 Å². The van der Waals surface area contributed by atoms with Crippen LogP contribution >= 0.6 is 0 Å². The summed E-state index contributed by atoms with van der Waals surface area (Å²) < 4.78 is 40.5. The van der Waals surface area contributed by atoms with Gasteiger partial charge in [-0.05, 0) is 92.7 Å². The lowest BCUT2D eigenvalue weighted by Crippen LogP contribution is -2.25. The third-order valence-corrected chi connectivity index (χ3v) is 7.24. The normalized spacial score (nSPS) is 28.0. The second-order valence-corrected chi connectivity index (χ2v) is 9.40. The van der Waals surface area contributed by atoms with E-state index in [2.05, 4.69) is 23.8 Å². The fraction of sp³-hybridized carbons (Fsp3) is 0.692. The standard InChI is InChI=1S/C26H37F3O/c1-2-5-20-8-14-23(15-9-20)24-16-10-21(11-17-24)6-3-4-7-22-12-18-25(19-13-22)30-26(27,28)29/h3,6,12-13,18-21,23-24H,2,4-5,7-11,14-17H2,1H3/b6-3+. The van der Waals surface area contributed by atoms with Crippen LogP contribution in [0.25, 0.3) is 0 Å². The fourth-order valence-corrected chi connectivity index (χ4v) is 5.56. The van der Waals surface area contributed by atoms with Gasteiger partial charge in [-0.2, -0.15) is 0 Å². The van der Waals surface area contributed by atoms with Gasteiger partial charge in [0.05, 0.1) is 0 Å². The third kappa shape index (κ3) is 7.67. The van der Waals surface area contributed by atoms with Crippen molar-refractivity contribution in [2.45, 2.75) is 90.3 Å². The van der Waals surface area contributed by atoms with E-state index in [0.29, 0.717) is 5.92 Å². The predicted octanol–water partition coefficient (Wildman–Crippen LogP) is 8.49. The first-order valence-corrected chi connectivity index (χ1v) is 11.9. The molecule has 0 aliphatic heterocycles. The zero-order valence-electron chi connectivity index (χ0n) is 18.3. The van der Waals surface area contributed by atoms with Crippen LogP contribution in [0.15, 0.2) is 36.4 Å². The van der Waals surface area contributed by atoms with Crippen molar-refractivity contribution in [1.29, 1.82) is 0 Å². The highest BCUT2D eigenvalue weighted by Crippen LogP contribution is 2.42. The lowest BCUT2D eigenvalue weighted by atomic mass is 9.68. The van der Waals surface area contributed by atoms with Gasteiger partial charge in [-0.25, -0.2) is 0 Å². The van der Waals surface area contributed by atoms with E-state index in [1.807, 2.05) is 0 Å². The van der Waals surface area contributed by atoms with E-state index in [0.717, 1.165) is 36.2 Å². The number of rotatable bonds is 8. The molecule has 4 heteroatoms. The van der Waals surface area contributed by atoms with Gasteiger partial charge in [0.1, 0.15) is 5.75 Å². The van der Waals surface area contributed by atoms with Crippen LogP contribution in [-0.2, 0) is 6.42 Å². The molecule has 168 valence electrons. The Morgan fingerprint density at radius 1 is 0.900 bits per heavy atom. The van der Waals surface area contributed by atoms with Crippen molar-refractivity contribution < 1.29 is 17.9 Å². The molecule has 0 bridgehead atoms. The average Bonchev–Trinajstić information content (AvgIpc) is 2.73. The van der Waals surface area contributed by atoms with Crippen molar-refractivity contribution >= 4 is 0 Å². The molecule has 0 atom stereocenters. The Labute approximate surface area is 180 Å². The maximum Gasteiger partial charge on any atom is 0.573 e. The van der Waals surface area contributed by atoms with Gasteiger partial charge < -0.3 is 4.74 Å². The zero-order chi connectivity index (χ0) is 21.4. The molecule has 0 aromatic heterocycles. The summed E-state index contributed by atoms with van der Waals surface area (Å²) in [6, 6.07) is 6.22. The molecule has 0 N–H and O–H groups in total. The molecule has 0 saturated heterocycles. The number of alkyl halides is 3. The number of aryl methyl sites for hydroxylation is 1. The van der Waals surface area contributed by atoms with Gasteiger partial charge in [0.25, 0.3) is 0 Å². The second-order valence-electron chi connectivity index (χ2n) is 9.40. The van der Waals surface area contributed by atoms with Crippen LogP contribution in [0.4, 0.5) is 13.2 Å². The number of benzene rings is 1. The minimum absolute atomic E-state index is 0.155. The number of hydrogen-bond donors (Lipinski definition) is 0. The summed E-state index contributed by atoms with van der Waals surface area (Å²) in [5, 5.41) is 0. The van der Waals surface area contributed by atoms with Crippen molar-refractivity contribution in [3.8, 4) is 5.75 Å². The van der Waals surface area contributed by atoms with E-state index < -0.39 is 6.36 Å². The van der Waals surface area contributed by atoms with Crippen molar-refractivity contribution in [3.05, 3.63) is 42.0 Å². The van der Waals surface area contributed by atoms with E-state index in [9.17, 15) is 13.2 Å². The number of hydrogen-bond acceptors (Lipinski definition) is 1. The highest BCUT2D eigenvalue weighted by atomic mass is 19.4. The largest absolute Gasteiger partial charge is 0.573 e.